The molecule has 0 N–H and O–H groups in total. The summed E-state index contributed by atoms with van der Waals surface area (Å²) in [6, 6.07) is 4.47. The lowest BCUT2D eigenvalue weighted by Crippen LogP contribution is -1.65. The average Bonchev–Trinajstić information content (AvgIpc) is 2.39. The number of aryl methyl sites for hydroxylation is 1. The van der Waals surface area contributed by atoms with E-state index in [2.05, 4.69) is 26.0 Å². The van der Waals surface area contributed by atoms with Crippen molar-refractivity contribution in [1.29, 1.82) is 0 Å². The Morgan fingerprint density at radius 2 is 1.78 bits per heavy atom. The van der Waals surface area contributed by atoms with E-state index in [-0.39, 0.29) is 9.90 Å². The van der Waals surface area contributed by atoms with Gasteiger partial charge < -0.3 is 0 Å². The van der Waals surface area contributed by atoms with E-state index >= 15 is 0 Å². The second kappa shape index (κ2) is 1.82. The van der Waals surface area contributed by atoms with Crippen LogP contribution >= 0.6 is 9.90 Å². The molecule has 0 spiro atoms. The summed E-state index contributed by atoms with van der Waals surface area (Å²) >= 11 is 0. The van der Waals surface area contributed by atoms with Crippen molar-refractivity contribution in [3.05, 3.63) is 23.3 Å². The van der Waals surface area contributed by atoms with Crippen molar-refractivity contribution >= 4 is 9.90 Å². The van der Waals surface area contributed by atoms with E-state index in [4.69, 9.17) is 0 Å². The van der Waals surface area contributed by atoms with E-state index < -0.39 is 0 Å². The molecule has 0 saturated heterocycles. The lowest BCUT2D eigenvalue weighted by Gasteiger charge is -1.83. The molecule has 0 bridgehead atoms. The maximum atomic E-state index is 2.24. The van der Waals surface area contributed by atoms with Crippen LogP contribution in [0.25, 0.3) is 11.1 Å². The van der Waals surface area contributed by atoms with E-state index in [9.17, 15) is 0 Å². The molecule has 2 rings (SSSR count). The lowest BCUT2D eigenvalue weighted by atomic mass is 10.2. The molecule has 0 aromatic heterocycles. The summed E-state index contributed by atoms with van der Waals surface area (Å²) in [6.07, 6.45) is 0. The smallest absolute Gasteiger partial charge is 0.0146 e. The third-order valence-corrected chi connectivity index (χ3v) is 1.90. The number of rotatable bonds is 0. The minimum absolute atomic E-state index is 0. The van der Waals surface area contributed by atoms with Crippen LogP contribution < -0.4 is 0 Å². The van der Waals surface area contributed by atoms with E-state index in [0.717, 1.165) is 0 Å². The van der Waals surface area contributed by atoms with Gasteiger partial charge in [-0.05, 0) is 42.2 Å². The Kier molecular flexibility index (Phi) is 1.36. The molecule has 0 radical (unpaired) electrons. The molecule has 2 aliphatic carbocycles. The van der Waals surface area contributed by atoms with Crippen LogP contribution in [-0.4, -0.2) is 0 Å². The molecule has 0 nitrogen and oxygen atoms in total. The molecule has 0 fully saturated rings. The molecular weight excluding hydrogens is 127 g/mol. The fourth-order valence-corrected chi connectivity index (χ4v) is 1.12. The highest BCUT2D eigenvalue weighted by Gasteiger charge is 2.16. The van der Waals surface area contributed by atoms with Crippen LogP contribution in [0.5, 0.6) is 0 Å². The highest BCUT2D eigenvalue weighted by Crippen LogP contribution is 2.40. The van der Waals surface area contributed by atoms with Gasteiger partial charge in [0.1, 0.15) is 0 Å². The Labute approximate surface area is 58.9 Å². The maximum absolute atomic E-state index is 2.24. The van der Waals surface area contributed by atoms with Crippen molar-refractivity contribution in [1.82, 2.24) is 0 Å². The van der Waals surface area contributed by atoms with Crippen molar-refractivity contribution < 1.29 is 0 Å². The van der Waals surface area contributed by atoms with Gasteiger partial charge in [0.15, 0.2) is 0 Å². The zero-order chi connectivity index (χ0) is 5.72. The molecule has 0 saturated carbocycles. The van der Waals surface area contributed by atoms with Crippen molar-refractivity contribution in [2.45, 2.75) is 13.8 Å². The Bertz CT molecular complexity index is 251. The molecule has 0 aromatic carbocycles. The average molecular weight is 138 g/mol. The molecule has 1 heteroatoms. The summed E-state index contributed by atoms with van der Waals surface area (Å²) in [5.41, 5.74) is 5.86. The summed E-state index contributed by atoms with van der Waals surface area (Å²) in [5, 5.41) is 0. The normalized spacial score (nSPS) is 10.4. The molecule has 48 valence electrons. The first-order chi connectivity index (χ1) is 3.79. The van der Waals surface area contributed by atoms with Crippen LogP contribution in [0.1, 0.15) is 11.1 Å². The summed E-state index contributed by atoms with van der Waals surface area (Å²) in [7, 11) is 0. The van der Waals surface area contributed by atoms with Gasteiger partial charge in [0.2, 0.25) is 0 Å². The fourth-order valence-electron chi connectivity index (χ4n) is 1.12. The van der Waals surface area contributed by atoms with Crippen molar-refractivity contribution in [2.75, 3.05) is 0 Å². The molecule has 1 unspecified atom stereocenters. The van der Waals surface area contributed by atoms with Gasteiger partial charge in [-0.25, -0.2) is 0 Å². The van der Waals surface area contributed by atoms with Gasteiger partial charge in [0.25, 0.3) is 0 Å². The van der Waals surface area contributed by atoms with E-state index in [0.29, 0.717) is 0 Å². The Morgan fingerprint density at radius 3 is 2.00 bits per heavy atom. The van der Waals surface area contributed by atoms with Crippen LogP contribution in [0.2, 0.25) is 0 Å². The third-order valence-electron chi connectivity index (χ3n) is 1.90. The molecule has 0 heterocycles. The minimum Gasteiger partial charge on any atom is -0.153 e. The van der Waals surface area contributed by atoms with Crippen LogP contribution in [0.15, 0.2) is 12.1 Å². The Hall–Kier alpha value is -0.350. The van der Waals surface area contributed by atoms with Gasteiger partial charge in [-0.1, -0.05) is 6.07 Å². The quantitative estimate of drug-likeness (QED) is 0.490. The zero-order valence-electron chi connectivity index (χ0n) is 5.86. The lowest BCUT2D eigenvalue weighted by molar-refractivity contribution is 1.41. The Morgan fingerprint density at radius 1 is 1.11 bits per heavy atom. The number of benzene rings is 1. The predicted molar refractivity (Wildman–Crippen MR) is 46.0 cm³/mol. The van der Waals surface area contributed by atoms with Crippen LogP contribution in [0.4, 0.5) is 0 Å². The monoisotopic (exact) mass is 138 g/mol. The number of hydrogen-bond acceptors (Lipinski definition) is 0. The van der Waals surface area contributed by atoms with E-state index in [1.165, 1.54) is 22.3 Å². The van der Waals surface area contributed by atoms with E-state index in [1.54, 1.807) is 0 Å². The van der Waals surface area contributed by atoms with Crippen molar-refractivity contribution in [2.24, 2.45) is 0 Å². The van der Waals surface area contributed by atoms with Crippen LogP contribution in [0, 0.1) is 13.8 Å². The van der Waals surface area contributed by atoms with Crippen LogP contribution in [0.3, 0.4) is 0 Å². The van der Waals surface area contributed by atoms with Crippen molar-refractivity contribution in [3.8, 4) is 11.1 Å². The molecule has 0 aliphatic heterocycles. The highest BCUT2D eigenvalue weighted by molar-refractivity contribution is 6.92. The van der Waals surface area contributed by atoms with Gasteiger partial charge in [-0.2, -0.15) is 9.90 Å². The zero-order valence-corrected chi connectivity index (χ0v) is 7.28. The first-order valence-electron chi connectivity index (χ1n) is 2.90. The molecule has 0 aromatic rings. The largest absolute Gasteiger partial charge is 0.153 e. The fraction of sp³-hybridized carbons (Fsp3) is 0.250. The highest BCUT2D eigenvalue weighted by atomic mass is 31.0. The van der Waals surface area contributed by atoms with Gasteiger partial charge in [0, 0.05) is 0 Å². The second-order valence-corrected chi connectivity index (χ2v) is 2.47. The summed E-state index contributed by atoms with van der Waals surface area (Å²) < 4.78 is 0. The first-order valence-corrected chi connectivity index (χ1v) is 2.90. The minimum atomic E-state index is 0. The molecule has 0 amide bonds. The van der Waals surface area contributed by atoms with Crippen molar-refractivity contribution in [3.63, 3.8) is 0 Å². The standard InChI is InChI=1S/C8H8.H3P/c1-5-3-7-4-8(7)6(5)2;/h3-4H,1-2H3;1H3. The second-order valence-electron chi connectivity index (χ2n) is 2.47. The summed E-state index contributed by atoms with van der Waals surface area (Å²) in [6.45, 7) is 4.34. The van der Waals surface area contributed by atoms with E-state index in [1.807, 2.05) is 0 Å². The first kappa shape index (κ1) is 6.77. The summed E-state index contributed by atoms with van der Waals surface area (Å²) in [5.74, 6) is 0. The summed E-state index contributed by atoms with van der Waals surface area (Å²) in [4.78, 5) is 0. The topological polar surface area (TPSA) is 0 Å². The third kappa shape index (κ3) is 0.784. The Balaban J connectivity index is 0.000000405. The van der Waals surface area contributed by atoms with Gasteiger partial charge in [-0.15, -0.1) is 0 Å². The van der Waals surface area contributed by atoms with Gasteiger partial charge in [-0.3, -0.25) is 0 Å². The van der Waals surface area contributed by atoms with Gasteiger partial charge >= 0.3 is 0 Å². The number of hydrogen-bond donors (Lipinski definition) is 0. The number of fused-ring (bicyclic) bond motifs is 1. The maximum Gasteiger partial charge on any atom is -0.0146 e. The van der Waals surface area contributed by atoms with Crippen LogP contribution in [-0.2, 0) is 0 Å². The molecular formula is C8H11P. The molecule has 1 atom stereocenters. The van der Waals surface area contributed by atoms with Gasteiger partial charge in [0.05, 0.1) is 0 Å². The SMILES string of the molecule is Cc1cc2cc-2c1C.P. The molecule has 9 heavy (non-hydrogen) atoms. The predicted octanol–water partition coefficient (Wildman–Crippen LogP) is 2.34. The molecule has 2 aliphatic rings.